The second-order valence-corrected chi connectivity index (χ2v) is 5.17. The quantitative estimate of drug-likeness (QED) is 0.850. The van der Waals surface area contributed by atoms with Gasteiger partial charge in [-0.05, 0) is 24.4 Å². The normalized spacial score (nSPS) is 10.3. The smallest absolute Gasteiger partial charge is 0.226 e. The lowest BCUT2D eigenvalue weighted by atomic mass is 10.4. The first-order valence-corrected chi connectivity index (χ1v) is 6.89. The fourth-order valence-electron chi connectivity index (χ4n) is 1.55. The van der Waals surface area contributed by atoms with E-state index in [4.69, 9.17) is 18.0 Å². The van der Waals surface area contributed by atoms with E-state index in [2.05, 4.69) is 33.2 Å². The van der Waals surface area contributed by atoms with Crippen LogP contribution in [-0.2, 0) is 6.54 Å². The number of thiocarbonyl (C=S) groups is 1. The van der Waals surface area contributed by atoms with Crippen LogP contribution >= 0.6 is 23.6 Å². The van der Waals surface area contributed by atoms with Gasteiger partial charge in [0.2, 0.25) is 5.95 Å². The number of hydrogen-bond acceptors (Lipinski definition) is 5. The molecule has 18 heavy (non-hydrogen) atoms. The molecule has 0 aliphatic carbocycles. The lowest BCUT2D eigenvalue weighted by molar-refractivity contribution is 0.799. The Bertz CT molecular complexity index is 525. The maximum atomic E-state index is 5.58. The van der Waals surface area contributed by atoms with E-state index < -0.39 is 0 Å². The van der Waals surface area contributed by atoms with Gasteiger partial charge in [0.1, 0.15) is 10.7 Å². The topological polar surface area (TPSA) is 55.0 Å². The summed E-state index contributed by atoms with van der Waals surface area (Å²) in [6.07, 6.45) is 1.69. The number of aromatic nitrogens is 2. The molecule has 2 aromatic heterocycles. The zero-order valence-electron chi connectivity index (χ0n) is 10.0. The van der Waals surface area contributed by atoms with Gasteiger partial charge < -0.3 is 10.6 Å². The third-order valence-electron chi connectivity index (χ3n) is 2.49. The molecule has 2 N–H and O–H groups in total. The summed E-state index contributed by atoms with van der Waals surface area (Å²) in [5.41, 5.74) is 6.20. The highest BCUT2D eigenvalue weighted by Crippen LogP contribution is 2.15. The van der Waals surface area contributed by atoms with E-state index in [0.717, 1.165) is 13.1 Å². The summed E-state index contributed by atoms with van der Waals surface area (Å²) in [6.45, 7) is 3.71. The molecular weight excluding hydrogens is 264 g/mol. The van der Waals surface area contributed by atoms with Crippen LogP contribution in [-0.4, -0.2) is 21.5 Å². The molecule has 0 unspecified atom stereocenters. The van der Waals surface area contributed by atoms with Crippen molar-refractivity contribution in [3.63, 3.8) is 0 Å². The van der Waals surface area contributed by atoms with Crippen LogP contribution in [0.1, 0.15) is 17.5 Å². The Morgan fingerprint density at radius 2 is 2.33 bits per heavy atom. The molecule has 0 amide bonds. The van der Waals surface area contributed by atoms with Crippen molar-refractivity contribution in [3.05, 3.63) is 40.3 Å². The van der Waals surface area contributed by atoms with Crippen molar-refractivity contribution in [1.29, 1.82) is 0 Å². The zero-order valence-corrected chi connectivity index (χ0v) is 11.7. The summed E-state index contributed by atoms with van der Waals surface area (Å²) in [7, 11) is 0. The monoisotopic (exact) mass is 278 g/mol. The number of thiophene rings is 1. The number of nitrogens with two attached hydrogens (primary N) is 1. The highest BCUT2D eigenvalue weighted by Gasteiger charge is 2.10. The van der Waals surface area contributed by atoms with Crippen LogP contribution in [0.3, 0.4) is 0 Å². The molecule has 6 heteroatoms. The van der Waals surface area contributed by atoms with Gasteiger partial charge >= 0.3 is 0 Å². The second-order valence-electron chi connectivity index (χ2n) is 3.70. The van der Waals surface area contributed by atoms with Gasteiger partial charge in [-0.3, -0.25) is 0 Å². The third kappa shape index (κ3) is 3.02. The average Bonchev–Trinajstić information content (AvgIpc) is 2.89. The molecule has 2 heterocycles. The highest BCUT2D eigenvalue weighted by molar-refractivity contribution is 7.80. The van der Waals surface area contributed by atoms with E-state index in [1.165, 1.54) is 4.88 Å². The van der Waals surface area contributed by atoms with Crippen LogP contribution in [0.15, 0.2) is 29.8 Å². The maximum Gasteiger partial charge on any atom is 0.226 e. The molecule has 0 saturated carbocycles. The van der Waals surface area contributed by atoms with Gasteiger partial charge in [-0.1, -0.05) is 18.3 Å². The van der Waals surface area contributed by atoms with Gasteiger partial charge in [-0.25, -0.2) is 9.97 Å². The molecule has 0 aliphatic rings. The largest absolute Gasteiger partial charge is 0.388 e. The first-order chi connectivity index (χ1) is 8.70. The van der Waals surface area contributed by atoms with Gasteiger partial charge in [-0.2, -0.15) is 0 Å². The molecule has 0 radical (unpaired) electrons. The number of anilines is 1. The van der Waals surface area contributed by atoms with Crippen molar-refractivity contribution < 1.29 is 0 Å². The molecule has 2 aromatic rings. The zero-order chi connectivity index (χ0) is 13.0. The number of hydrogen-bond donors (Lipinski definition) is 1. The van der Waals surface area contributed by atoms with Crippen LogP contribution in [0.5, 0.6) is 0 Å². The van der Waals surface area contributed by atoms with Crippen molar-refractivity contribution in [1.82, 2.24) is 9.97 Å². The minimum atomic E-state index is 0.297. The third-order valence-corrected chi connectivity index (χ3v) is 3.56. The van der Waals surface area contributed by atoms with Crippen LogP contribution in [0, 0.1) is 0 Å². The van der Waals surface area contributed by atoms with Crippen LogP contribution in [0.25, 0.3) is 0 Å². The average molecular weight is 278 g/mol. The van der Waals surface area contributed by atoms with Gasteiger partial charge in [-0.15, -0.1) is 11.3 Å². The Labute approximate surface area is 115 Å². The molecule has 0 bridgehead atoms. The Morgan fingerprint density at radius 1 is 1.50 bits per heavy atom. The van der Waals surface area contributed by atoms with Crippen molar-refractivity contribution in [2.45, 2.75) is 13.5 Å². The van der Waals surface area contributed by atoms with Crippen LogP contribution in [0.2, 0.25) is 0 Å². The molecule has 0 aromatic carbocycles. The van der Waals surface area contributed by atoms with Gasteiger partial charge in [0.15, 0.2) is 0 Å². The van der Waals surface area contributed by atoms with Crippen molar-refractivity contribution in [2.24, 2.45) is 5.73 Å². The van der Waals surface area contributed by atoms with E-state index >= 15 is 0 Å². The Balaban J connectivity index is 2.21. The van der Waals surface area contributed by atoms with Crippen molar-refractivity contribution in [2.75, 3.05) is 11.4 Å². The van der Waals surface area contributed by atoms with E-state index in [9.17, 15) is 0 Å². The maximum absolute atomic E-state index is 5.58. The van der Waals surface area contributed by atoms with Gasteiger partial charge in [0.05, 0.1) is 6.54 Å². The van der Waals surface area contributed by atoms with E-state index in [1.54, 1.807) is 23.6 Å². The number of nitrogens with zero attached hydrogens (tertiary/aromatic N) is 3. The van der Waals surface area contributed by atoms with Gasteiger partial charge in [0.25, 0.3) is 0 Å². The summed E-state index contributed by atoms with van der Waals surface area (Å²) in [6, 6.07) is 5.87. The summed E-state index contributed by atoms with van der Waals surface area (Å²) in [5.74, 6) is 0.663. The molecule has 0 atom stereocenters. The van der Waals surface area contributed by atoms with E-state index in [-0.39, 0.29) is 0 Å². The minimum absolute atomic E-state index is 0.297. The lowest BCUT2D eigenvalue weighted by Gasteiger charge is -2.20. The predicted octanol–water partition coefficient (Wildman–Crippen LogP) is 2.20. The molecule has 0 spiro atoms. The molecule has 4 nitrogen and oxygen atoms in total. The SMILES string of the molecule is CCN(Cc1cccs1)c1nccc(C(N)=S)n1. The Kier molecular flexibility index (Phi) is 4.22. The predicted molar refractivity (Wildman–Crippen MR) is 79.0 cm³/mol. The molecule has 0 aliphatic heterocycles. The summed E-state index contributed by atoms with van der Waals surface area (Å²) < 4.78 is 0. The first-order valence-electron chi connectivity index (χ1n) is 5.61. The Morgan fingerprint density at radius 3 is 2.94 bits per heavy atom. The molecule has 2 rings (SSSR count). The fraction of sp³-hybridized carbons (Fsp3) is 0.250. The van der Waals surface area contributed by atoms with Crippen molar-refractivity contribution >= 4 is 34.5 Å². The fourth-order valence-corrected chi connectivity index (χ4v) is 2.39. The van der Waals surface area contributed by atoms with Gasteiger partial charge in [0, 0.05) is 17.6 Å². The summed E-state index contributed by atoms with van der Waals surface area (Å²) in [4.78, 5) is 12.3. The number of rotatable bonds is 5. The lowest BCUT2D eigenvalue weighted by Crippen LogP contribution is -2.25. The molecule has 0 fully saturated rings. The first kappa shape index (κ1) is 12.9. The molecule has 0 saturated heterocycles. The minimum Gasteiger partial charge on any atom is -0.388 e. The molecular formula is C12H14N4S2. The van der Waals surface area contributed by atoms with Crippen molar-refractivity contribution in [3.8, 4) is 0 Å². The summed E-state index contributed by atoms with van der Waals surface area (Å²) >= 11 is 6.66. The molecule has 94 valence electrons. The van der Waals surface area contributed by atoms with E-state index in [0.29, 0.717) is 16.6 Å². The van der Waals surface area contributed by atoms with Crippen LogP contribution in [0.4, 0.5) is 5.95 Å². The summed E-state index contributed by atoms with van der Waals surface area (Å²) in [5, 5.41) is 2.06. The van der Waals surface area contributed by atoms with E-state index in [1.807, 2.05) is 6.07 Å². The second kappa shape index (κ2) is 5.88. The van der Waals surface area contributed by atoms with Crippen LogP contribution < -0.4 is 10.6 Å². The Hall–Kier alpha value is -1.53. The highest BCUT2D eigenvalue weighted by atomic mass is 32.1. The standard InChI is InChI=1S/C12H14N4S2/c1-2-16(8-9-4-3-7-18-9)12-14-6-5-10(15-12)11(13)17/h3-7H,2,8H2,1H3,(H2,13,17).